The van der Waals surface area contributed by atoms with Crippen molar-refractivity contribution in [3.05, 3.63) is 50.4 Å². The van der Waals surface area contributed by atoms with Crippen LogP contribution in [0.25, 0.3) is 0 Å². The van der Waals surface area contributed by atoms with Crippen molar-refractivity contribution in [2.45, 2.75) is 13.1 Å². The first-order valence-corrected chi connectivity index (χ1v) is 7.21. The van der Waals surface area contributed by atoms with Gasteiger partial charge in [-0.1, -0.05) is 12.1 Å². The highest BCUT2D eigenvalue weighted by atomic mass is 79.9. The van der Waals surface area contributed by atoms with Gasteiger partial charge in [-0.25, -0.2) is 4.39 Å². The van der Waals surface area contributed by atoms with E-state index in [2.05, 4.69) is 15.9 Å². The van der Waals surface area contributed by atoms with E-state index in [1.165, 1.54) is 4.88 Å². The molecule has 0 saturated carbocycles. The topological polar surface area (TPSA) is 29.3 Å². The Bertz CT molecular complexity index is 528. The Morgan fingerprint density at radius 2 is 2.17 bits per heavy atom. The lowest BCUT2D eigenvalue weighted by Crippen LogP contribution is -2.17. The standard InChI is InChI=1S/C13H14BrFN2S/c1-17(8-10-3-2-6-18-10)11-5-4-9(7-16)12(14)13(11)15/h2-6H,7-8,16H2,1H3. The summed E-state index contributed by atoms with van der Waals surface area (Å²) in [7, 11) is 1.88. The fourth-order valence-corrected chi connectivity index (χ4v) is 3.01. The normalized spacial score (nSPS) is 10.7. The maximum atomic E-state index is 14.2. The summed E-state index contributed by atoms with van der Waals surface area (Å²) in [5.41, 5.74) is 6.90. The van der Waals surface area contributed by atoms with Gasteiger partial charge in [0.2, 0.25) is 0 Å². The number of halogens is 2. The summed E-state index contributed by atoms with van der Waals surface area (Å²) in [6.45, 7) is 1.02. The Morgan fingerprint density at radius 1 is 1.39 bits per heavy atom. The second kappa shape index (κ2) is 5.82. The molecule has 1 aromatic heterocycles. The van der Waals surface area contributed by atoms with Crippen LogP contribution in [0.4, 0.5) is 10.1 Å². The first-order chi connectivity index (χ1) is 8.63. The van der Waals surface area contributed by atoms with Crippen molar-refractivity contribution in [2.24, 2.45) is 5.73 Å². The molecular formula is C13H14BrFN2S. The molecule has 18 heavy (non-hydrogen) atoms. The van der Waals surface area contributed by atoms with Crippen LogP contribution in [0, 0.1) is 5.82 Å². The number of nitrogens with two attached hydrogens (primary N) is 1. The van der Waals surface area contributed by atoms with Crippen molar-refractivity contribution in [3.63, 3.8) is 0 Å². The van der Waals surface area contributed by atoms with E-state index in [0.29, 0.717) is 23.2 Å². The van der Waals surface area contributed by atoms with Crippen molar-refractivity contribution in [2.75, 3.05) is 11.9 Å². The van der Waals surface area contributed by atoms with Gasteiger partial charge in [0.15, 0.2) is 5.82 Å². The summed E-state index contributed by atoms with van der Waals surface area (Å²) in [6, 6.07) is 7.67. The molecule has 0 unspecified atom stereocenters. The van der Waals surface area contributed by atoms with Crippen LogP contribution in [0.3, 0.4) is 0 Å². The van der Waals surface area contributed by atoms with E-state index in [4.69, 9.17) is 5.73 Å². The Hall–Kier alpha value is -0.910. The molecule has 0 spiro atoms. The maximum absolute atomic E-state index is 14.2. The fraction of sp³-hybridized carbons (Fsp3) is 0.231. The van der Waals surface area contributed by atoms with Crippen molar-refractivity contribution in [1.82, 2.24) is 0 Å². The molecule has 0 aliphatic carbocycles. The second-order valence-corrected chi connectivity index (χ2v) is 5.84. The van der Waals surface area contributed by atoms with E-state index < -0.39 is 0 Å². The predicted octanol–water partition coefficient (Wildman–Crippen LogP) is 3.74. The van der Waals surface area contributed by atoms with Crippen molar-refractivity contribution in [1.29, 1.82) is 0 Å². The van der Waals surface area contributed by atoms with Gasteiger partial charge < -0.3 is 10.6 Å². The quantitative estimate of drug-likeness (QED) is 0.926. The first-order valence-electron chi connectivity index (χ1n) is 5.54. The lowest BCUT2D eigenvalue weighted by Gasteiger charge is -2.20. The second-order valence-electron chi connectivity index (χ2n) is 4.01. The van der Waals surface area contributed by atoms with Gasteiger partial charge in [-0.3, -0.25) is 0 Å². The van der Waals surface area contributed by atoms with Crippen LogP contribution < -0.4 is 10.6 Å². The van der Waals surface area contributed by atoms with Crippen molar-refractivity contribution in [3.8, 4) is 0 Å². The van der Waals surface area contributed by atoms with Gasteiger partial charge in [0, 0.05) is 18.5 Å². The highest BCUT2D eigenvalue weighted by Gasteiger charge is 2.14. The zero-order valence-corrected chi connectivity index (χ0v) is 12.4. The summed E-state index contributed by atoms with van der Waals surface area (Å²) in [5, 5.41) is 2.02. The third-order valence-electron chi connectivity index (χ3n) is 2.75. The van der Waals surface area contributed by atoms with E-state index in [-0.39, 0.29) is 5.82 Å². The number of nitrogens with zero attached hydrogens (tertiary/aromatic N) is 1. The third-order valence-corrected chi connectivity index (χ3v) is 4.46. The first kappa shape index (κ1) is 13.5. The highest BCUT2D eigenvalue weighted by molar-refractivity contribution is 9.10. The number of hydrogen-bond donors (Lipinski definition) is 1. The molecule has 1 aromatic carbocycles. The van der Waals surface area contributed by atoms with Crippen molar-refractivity contribution >= 4 is 33.0 Å². The smallest absolute Gasteiger partial charge is 0.160 e. The van der Waals surface area contributed by atoms with E-state index in [1.807, 2.05) is 35.5 Å². The van der Waals surface area contributed by atoms with E-state index in [0.717, 1.165) is 5.56 Å². The Labute approximate surface area is 118 Å². The highest BCUT2D eigenvalue weighted by Crippen LogP contribution is 2.29. The molecule has 2 N–H and O–H groups in total. The third kappa shape index (κ3) is 2.74. The summed E-state index contributed by atoms with van der Waals surface area (Å²) >= 11 is 4.93. The molecule has 0 atom stereocenters. The van der Waals surface area contributed by atoms with Gasteiger partial charge in [0.05, 0.1) is 16.7 Å². The Morgan fingerprint density at radius 3 is 2.78 bits per heavy atom. The Balaban J connectivity index is 2.25. The minimum absolute atomic E-state index is 0.253. The number of anilines is 1. The van der Waals surface area contributed by atoms with Gasteiger partial charge >= 0.3 is 0 Å². The molecule has 1 heterocycles. The number of thiophene rings is 1. The van der Waals surface area contributed by atoms with Crippen LogP contribution in [0.2, 0.25) is 0 Å². The molecular weight excluding hydrogens is 315 g/mol. The van der Waals surface area contributed by atoms with Gasteiger partial charge in [-0.05, 0) is 39.0 Å². The molecule has 0 amide bonds. The van der Waals surface area contributed by atoms with E-state index in [9.17, 15) is 4.39 Å². The molecule has 2 nitrogen and oxygen atoms in total. The van der Waals surface area contributed by atoms with Crippen molar-refractivity contribution < 1.29 is 4.39 Å². The number of hydrogen-bond acceptors (Lipinski definition) is 3. The van der Waals surface area contributed by atoms with Crippen LogP contribution >= 0.6 is 27.3 Å². The minimum atomic E-state index is -0.253. The van der Waals surface area contributed by atoms with Crippen LogP contribution in [0.5, 0.6) is 0 Å². The lowest BCUT2D eigenvalue weighted by molar-refractivity contribution is 0.613. The zero-order valence-electron chi connectivity index (χ0n) is 9.99. The fourth-order valence-electron chi connectivity index (χ4n) is 1.75. The molecule has 5 heteroatoms. The molecule has 2 aromatic rings. The average molecular weight is 329 g/mol. The molecule has 0 bridgehead atoms. The van der Waals surface area contributed by atoms with E-state index >= 15 is 0 Å². The van der Waals surface area contributed by atoms with Gasteiger partial charge in [0.1, 0.15) is 0 Å². The predicted molar refractivity (Wildman–Crippen MR) is 78.4 cm³/mol. The van der Waals surface area contributed by atoms with Gasteiger partial charge in [-0.15, -0.1) is 11.3 Å². The number of rotatable bonds is 4. The monoisotopic (exact) mass is 328 g/mol. The SMILES string of the molecule is CN(Cc1cccs1)c1ccc(CN)c(Br)c1F. The summed E-state index contributed by atoms with van der Waals surface area (Å²) in [5.74, 6) is -0.253. The van der Waals surface area contributed by atoms with Gasteiger partial charge in [-0.2, -0.15) is 0 Å². The summed E-state index contributed by atoms with van der Waals surface area (Å²) < 4.78 is 14.6. The lowest BCUT2D eigenvalue weighted by atomic mass is 10.2. The molecule has 0 radical (unpaired) electrons. The minimum Gasteiger partial charge on any atom is -0.367 e. The van der Waals surface area contributed by atoms with Crippen LogP contribution in [0.1, 0.15) is 10.4 Å². The van der Waals surface area contributed by atoms with Crippen LogP contribution in [-0.4, -0.2) is 7.05 Å². The molecule has 0 saturated heterocycles. The summed E-state index contributed by atoms with van der Waals surface area (Å²) in [4.78, 5) is 3.10. The largest absolute Gasteiger partial charge is 0.367 e. The molecule has 2 rings (SSSR count). The van der Waals surface area contributed by atoms with E-state index in [1.54, 1.807) is 17.4 Å². The molecule has 0 fully saturated rings. The zero-order chi connectivity index (χ0) is 13.1. The average Bonchev–Trinajstić information content (AvgIpc) is 2.85. The maximum Gasteiger partial charge on any atom is 0.160 e. The van der Waals surface area contributed by atoms with Gasteiger partial charge in [0.25, 0.3) is 0 Å². The van der Waals surface area contributed by atoms with Crippen LogP contribution in [-0.2, 0) is 13.1 Å². The number of benzene rings is 1. The molecule has 96 valence electrons. The Kier molecular flexibility index (Phi) is 4.37. The molecule has 0 aliphatic rings. The molecule has 0 aliphatic heterocycles. The van der Waals surface area contributed by atoms with Crippen LogP contribution in [0.15, 0.2) is 34.1 Å². The summed E-state index contributed by atoms with van der Waals surface area (Å²) in [6.07, 6.45) is 0.